The number of thioether (sulfide) groups is 1. The van der Waals surface area contributed by atoms with Crippen molar-refractivity contribution in [1.29, 1.82) is 0 Å². The Morgan fingerprint density at radius 1 is 1.23 bits per heavy atom. The number of ether oxygens (including phenoxy) is 2. The van der Waals surface area contributed by atoms with Crippen molar-refractivity contribution in [1.82, 2.24) is 4.57 Å². The minimum absolute atomic E-state index is 0.190. The highest BCUT2D eigenvalue weighted by Crippen LogP contribution is 2.35. The second-order valence-corrected chi connectivity index (χ2v) is 8.73. The molecule has 0 saturated heterocycles. The van der Waals surface area contributed by atoms with Gasteiger partial charge in [0.1, 0.15) is 19.0 Å². The third-order valence-electron chi connectivity index (χ3n) is 4.43. The third kappa shape index (κ3) is 4.69. The quantitative estimate of drug-likeness (QED) is 0.325. The van der Waals surface area contributed by atoms with E-state index in [4.69, 9.17) is 15.9 Å². The maximum absolute atomic E-state index is 12.9. The number of rotatable bonds is 6. The van der Waals surface area contributed by atoms with Gasteiger partial charge in [0.15, 0.2) is 16.3 Å². The summed E-state index contributed by atoms with van der Waals surface area (Å²) >= 11 is 3.00. The first-order chi connectivity index (χ1) is 14.6. The first-order valence-corrected chi connectivity index (χ1v) is 11.3. The molecule has 0 N–H and O–H groups in total. The van der Waals surface area contributed by atoms with E-state index in [1.165, 1.54) is 23.5 Å². The van der Waals surface area contributed by atoms with E-state index in [2.05, 4.69) is 10.9 Å². The molecule has 1 aliphatic rings. The number of benzene rings is 2. The van der Waals surface area contributed by atoms with Gasteiger partial charge in [-0.15, -0.1) is 18.2 Å². The smallest absolute Gasteiger partial charge is 0.248 e. The summed E-state index contributed by atoms with van der Waals surface area (Å²) in [6.45, 7) is 1.33. The maximum Gasteiger partial charge on any atom is 0.248 e. The summed E-state index contributed by atoms with van der Waals surface area (Å²) in [5, 5.41) is 0. The van der Waals surface area contributed by atoms with Gasteiger partial charge in [0, 0.05) is 23.4 Å². The second kappa shape index (κ2) is 9.37. The molecule has 0 fully saturated rings. The molecule has 30 heavy (non-hydrogen) atoms. The second-order valence-electron chi connectivity index (χ2n) is 6.55. The van der Waals surface area contributed by atoms with E-state index >= 15 is 0 Å². The highest BCUT2D eigenvalue weighted by atomic mass is 32.2. The molecule has 0 aliphatic carbocycles. The van der Waals surface area contributed by atoms with Crippen LogP contribution in [0.15, 0.2) is 46.3 Å². The normalized spacial score (nSPS) is 13.4. The zero-order chi connectivity index (χ0) is 20.9. The van der Waals surface area contributed by atoms with Crippen LogP contribution in [-0.2, 0) is 11.3 Å². The van der Waals surface area contributed by atoms with Crippen molar-refractivity contribution in [2.24, 2.45) is 4.99 Å². The van der Waals surface area contributed by atoms with Crippen LogP contribution in [-0.4, -0.2) is 29.4 Å². The summed E-state index contributed by atoms with van der Waals surface area (Å²) in [7, 11) is 0. The molecule has 1 amide bonds. The fourth-order valence-corrected chi connectivity index (χ4v) is 4.95. The lowest BCUT2D eigenvalue weighted by Gasteiger charge is -2.18. The Hall–Kier alpha value is -2.76. The van der Waals surface area contributed by atoms with Gasteiger partial charge in [-0.1, -0.05) is 17.3 Å². The molecule has 0 saturated carbocycles. The van der Waals surface area contributed by atoms with Crippen molar-refractivity contribution in [3.05, 3.63) is 47.0 Å². The van der Waals surface area contributed by atoms with Crippen LogP contribution in [0.1, 0.15) is 12.8 Å². The molecular formula is C22H19FN2O3S2. The number of carbonyl (C=O) groups is 1. The Bertz CT molecular complexity index is 1180. The largest absolute Gasteiger partial charge is 0.486 e. The molecule has 0 spiro atoms. The molecule has 4 rings (SSSR count). The van der Waals surface area contributed by atoms with Crippen LogP contribution in [0, 0.1) is 18.2 Å². The first-order valence-electron chi connectivity index (χ1n) is 9.46. The van der Waals surface area contributed by atoms with Crippen molar-refractivity contribution in [2.75, 3.05) is 19.0 Å². The van der Waals surface area contributed by atoms with Gasteiger partial charge in [-0.25, -0.2) is 4.39 Å². The Kier molecular flexibility index (Phi) is 6.41. The summed E-state index contributed by atoms with van der Waals surface area (Å²) in [4.78, 5) is 18.3. The van der Waals surface area contributed by atoms with Gasteiger partial charge in [0.2, 0.25) is 5.91 Å². The van der Waals surface area contributed by atoms with Gasteiger partial charge >= 0.3 is 0 Å². The van der Waals surface area contributed by atoms with E-state index in [1.54, 1.807) is 23.9 Å². The van der Waals surface area contributed by atoms with Crippen LogP contribution in [0.2, 0.25) is 0 Å². The topological polar surface area (TPSA) is 52.8 Å². The number of hydrogen-bond acceptors (Lipinski definition) is 5. The average molecular weight is 443 g/mol. The third-order valence-corrected chi connectivity index (χ3v) is 6.57. The molecule has 2 heterocycles. The molecule has 2 aromatic carbocycles. The molecule has 0 radical (unpaired) electrons. The van der Waals surface area contributed by atoms with Crippen LogP contribution < -0.4 is 14.3 Å². The molecule has 0 bridgehead atoms. The standard InChI is InChI=1S/C22H19FN2O3S2/c1-2-9-25-17-13-18-19(28-11-10-27-18)14-20(17)30-22(25)24-21(26)4-3-12-29-16-7-5-15(23)6-8-16/h1,5-8,13-14H,3-4,9-12H2. The highest BCUT2D eigenvalue weighted by molar-refractivity contribution is 7.99. The molecule has 1 aromatic heterocycles. The van der Waals surface area contributed by atoms with Crippen molar-refractivity contribution < 1.29 is 18.7 Å². The van der Waals surface area contributed by atoms with Crippen LogP contribution >= 0.6 is 23.1 Å². The summed E-state index contributed by atoms with van der Waals surface area (Å²) in [6.07, 6.45) is 6.55. The maximum atomic E-state index is 12.9. The predicted molar refractivity (Wildman–Crippen MR) is 117 cm³/mol. The number of nitrogens with zero attached hydrogens (tertiary/aromatic N) is 2. The lowest BCUT2D eigenvalue weighted by atomic mass is 10.2. The molecule has 1 aliphatic heterocycles. The van der Waals surface area contributed by atoms with Crippen molar-refractivity contribution in [3.63, 3.8) is 0 Å². The fourth-order valence-electron chi connectivity index (χ4n) is 3.04. The number of aromatic nitrogens is 1. The molecule has 8 heteroatoms. The molecule has 0 atom stereocenters. The highest BCUT2D eigenvalue weighted by Gasteiger charge is 2.16. The number of amides is 1. The molecule has 3 aromatic rings. The minimum atomic E-state index is -0.254. The summed E-state index contributed by atoms with van der Waals surface area (Å²) in [5.74, 6) is 4.30. The SMILES string of the molecule is C#CCn1c(=NC(=O)CCCSc2ccc(F)cc2)sc2cc3c(cc21)OCCO3. The minimum Gasteiger partial charge on any atom is -0.486 e. The molecule has 5 nitrogen and oxygen atoms in total. The monoisotopic (exact) mass is 442 g/mol. The van der Waals surface area contributed by atoms with Crippen LogP contribution in [0.5, 0.6) is 11.5 Å². The summed E-state index contributed by atoms with van der Waals surface area (Å²) in [5.41, 5.74) is 0.876. The van der Waals surface area contributed by atoms with E-state index < -0.39 is 0 Å². The van der Waals surface area contributed by atoms with Crippen molar-refractivity contribution in [2.45, 2.75) is 24.3 Å². The van der Waals surface area contributed by atoms with Crippen LogP contribution in [0.25, 0.3) is 10.2 Å². The van der Waals surface area contributed by atoms with E-state index in [-0.39, 0.29) is 11.7 Å². The predicted octanol–water partition coefficient (Wildman–Crippen LogP) is 4.25. The van der Waals surface area contributed by atoms with Crippen molar-refractivity contribution >= 4 is 39.2 Å². The lowest BCUT2D eigenvalue weighted by molar-refractivity contribution is -0.118. The molecule has 0 unspecified atom stereocenters. The van der Waals surface area contributed by atoms with E-state index in [0.717, 1.165) is 20.9 Å². The van der Waals surface area contributed by atoms with Gasteiger partial charge < -0.3 is 14.0 Å². The van der Waals surface area contributed by atoms with Gasteiger partial charge in [-0.3, -0.25) is 4.79 Å². The Morgan fingerprint density at radius 3 is 2.70 bits per heavy atom. The van der Waals surface area contributed by atoms with Crippen LogP contribution in [0.4, 0.5) is 4.39 Å². The Balaban J connectivity index is 1.48. The fraction of sp³-hybridized carbons (Fsp3) is 0.273. The molecule has 154 valence electrons. The Labute approximate surface area is 181 Å². The van der Waals surface area contributed by atoms with Crippen LogP contribution in [0.3, 0.4) is 0 Å². The van der Waals surface area contributed by atoms with E-state index in [1.807, 2.05) is 16.7 Å². The number of halogens is 1. The number of hydrogen-bond donors (Lipinski definition) is 0. The number of fused-ring (bicyclic) bond motifs is 2. The molecular weight excluding hydrogens is 423 g/mol. The zero-order valence-electron chi connectivity index (χ0n) is 16.1. The summed E-state index contributed by atoms with van der Waals surface area (Å²) < 4.78 is 27.0. The van der Waals surface area contributed by atoms with Gasteiger partial charge in [0.25, 0.3) is 0 Å². The van der Waals surface area contributed by atoms with Crippen molar-refractivity contribution in [3.8, 4) is 23.8 Å². The van der Waals surface area contributed by atoms with Gasteiger partial charge in [0.05, 0.1) is 16.8 Å². The summed E-state index contributed by atoms with van der Waals surface area (Å²) in [6, 6.07) is 10.1. The Morgan fingerprint density at radius 2 is 1.97 bits per heavy atom. The van der Waals surface area contributed by atoms with E-state index in [0.29, 0.717) is 48.9 Å². The van der Waals surface area contributed by atoms with Gasteiger partial charge in [-0.2, -0.15) is 4.99 Å². The van der Waals surface area contributed by atoms with E-state index in [9.17, 15) is 9.18 Å². The number of thiazole rings is 1. The lowest BCUT2D eigenvalue weighted by Crippen LogP contribution is -2.17. The number of terminal acetylenes is 1. The zero-order valence-corrected chi connectivity index (χ0v) is 17.7. The first kappa shape index (κ1) is 20.5. The number of carbonyl (C=O) groups excluding carboxylic acids is 1. The average Bonchev–Trinajstić information content (AvgIpc) is 3.07. The van der Waals surface area contributed by atoms with Gasteiger partial charge in [-0.05, 0) is 36.4 Å².